The largest absolute Gasteiger partial charge is 0.352 e. The summed E-state index contributed by atoms with van der Waals surface area (Å²) >= 11 is 3.45. The fraction of sp³-hybridized carbons (Fsp3) is 0.316. The van der Waals surface area contributed by atoms with Crippen LogP contribution in [-0.4, -0.2) is 40.8 Å². The molecule has 26 heavy (non-hydrogen) atoms. The zero-order chi connectivity index (χ0) is 18.4. The van der Waals surface area contributed by atoms with Gasteiger partial charge in [0.1, 0.15) is 0 Å². The van der Waals surface area contributed by atoms with Crippen molar-refractivity contribution < 1.29 is 9.59 Å². The Morgan fingerprint density at radius 1 is 1.31 bits per heavy atom. The number of pyridine rings is 1. The zero-order valence-electron chi connectivity index (χ0n) is 14.3. The molecule has 0 aliphatic carbocycles. The van der Waals surface area contributed by atoms with Crippen molar-refractivity contribution in [2.24, 2.45) is 0 Å². The summed E-state index contributed by atoms with van der Waals surface area (Å²) < 4.78 is 0.990. The number of carbonyl (C=O) groups excluding carboxylic acids is 2. The molecule has 2 aromatic rings. The lowest BCUT2D eigenvalue weighted by atomic mass is 10.1. The van der Waals surface area contributed by atoms with Crippen LogP contribution in [0.1, 0.15) is 17.5 Å². The molecule has 0 spiro atoms. The number of aromatic nitrogens is 1. The first-order valence-corrected chi connectivity index (χ1v) is 9.33. The zero-order valence-corrected chi connectivity index (χ0v) is 15.9. The van der Waals surface area contributed by atoms with Gasteiger partial charge < -0.3 is 15.5 Å². The smallest absolute Gasteiger partial charge is 0.240 e. The third-order valence-electron chi connectivity index (χ3n) is 4.25. The topological polar surface area (TPSA) is 74.3 Å². The van der Waals surface area contributed by atoms with Crippen LogP contribution in [0, 0.1) is 0 Å². The van der Waals surface area contributed by atoms with Crippen LogP contribution >= 0.6 is 15.9 Å². The van der Waals surface area contributed by atoms with Crippen LogP contribution in [0.2, 0.25) is 0 Å². The second kappa shape index (κ2) is 8.91. The molecule has 1 unspecified atom stereocenters. The highest BCUT2D eigenvalue weighted by atomic mass is 79.9. The van der Waals surface area contributed by atoms with Gasteiger partial charge in [-0.1, -0.05) is 34.1 Å². The Morgan fingerprint density at radius 2 is 2.15 bits per heavy atom. The van der Waals surface area contributed by atoms with Gasteiger partial charge in [0.15, 0.2) is 0 Å². The maximum absolute atomic E-state index is 12.7. The number of halogens is 1. The Morgan fingerprint density at radius 3 is 2.92 bits per heavy atom. The molecule has 1 aliphatic heterocycles. The van der Waals surface area contributed by atoms with Crippen molar-refractivity contribution in [2.45, 2.75) is 25.6 Å². The van der Waals surface area contributed by atoms with Gasteiger partial charge in [0.25, 0.3) is 0 Å². The van der Waals surface area contributed by atoms with Crippen LogP contribution in [0.5, 0.6) is 0 Å². The van der Waals surface area contributed by atoms with Crippen LogP contribution in [0.25, 0.3) is 0 Å². The average molecular weight is 417 g/mol. The van der Waals surface area contributed by atoms with E-state index < -0.39 is 6.04 Å². The first-order valence-electron chi connectivity index (χ1n) is 8.54. The Labute approximate surface area is 161 Å². The van der Waals surface area contributed by atoms with Crippen molar-refractivity contribution in [3.8, 4) is 0 Å². The van der Waals surface area contributed by atoms with Crippen LogP contribution in [0.15, 0.2) is 53.3 Å². The summed E-state index contributed by atoms with van der Waals surface area (Å²) in [5.74, 6) is -0.184. The molecule has 2 amide bonds. The Kier molecular flexibility index (Phi) is 6.35. The number of nitrogens with zero attached hydrogens (tertiary/aromatic N) is 2. The van der Waals surface area contributed by atoms with E-state index in [1.165, 1.54) is 0 Å². The van der Waals surface area contributed by atoms with E-state index in [4.69, 9.17) is 0 Å². The molecule has 0 saturated carbocycles. The van der Waals surface area contributed by atoms with Crippen molar-refractivity contribution in [3.63, 3.8) is 0 Å². The van der Waals surface area contributed by atoms with Gasteiger partial charge in [-0.15, -0.1) is 0 Å². The molecule has 0 radical (unpaired) electrons. The molecule has 1 fully saturated rings. The molecule has 2 heterocycles. The van der Waals surface area contributed by atoms with Gasteiger partial charge in [-0.25, -0.2) is 0 Å². The SMILES string of the molecule is O=C(CC1NCCN(Cc2cccc(Br)c2)C1=O)NCc1cccnc1. The van der Waals surface area contributed by atoms with Crippen LogP contribution < -0.4 is 10.6 Å². The molecule has 6 nitrogen and oxygen atoms in total. The van der Waals surface area contributed by atoms with Crippen molar-refractivity contribution in [3.05, 3.63) is 64.4 Å². The van der Waals surface area contributed by atoms with Crippen molar-refractivity contribution in [1.82, 2.24) is 20.5 Å². The molecular weight excluding hydrogens is 396 g/mol. The Balaban J connectivity index is 1.53. The van der Waals surface area contributed by atoms with Gasteiger partial charge in [-0.2, -0.15) is 0 Å². The standard InChI is InChI=1S/C19H21BrN4O2/c20-16-5-1-3-14(9-16)13-24-8-7-22-17(19(24)26)10-18(25)23-12-15-4-2-6-21-11-15/h1-6,9,11,17,22H,7-8,10,12-13H2,(H,23,25). The summed E-state index contributed by atoms with van der Waals surface area (Å²) in [7, 11) is 0. The molecule has 1 aliphatic rings. The first kappa shape index (κ1) is 18.5. The quantitative estimate of drug-likeness (QED) is 0.753. The number of carbonyl (C=O) groups is 2. The van der Waals surface area contributed by atoms with Crippen molar-refractivity contribution >= 4 is 27.7 Å². The monoisotopic (exact) mass is 416 g/mol. The van der Waals surface area contributed by atoms with Crippen molar-refractivity contribution in [2.75, 3.05) is 13.1 Å². The molecule has 136 valence electrons. The number of benzene rings is 1. The molecule has 1 saturated heterocycles. The predicted octanol–water partition coefficient (Wildman–Crippen LogP) is 1.85. The molecule has 1 aromatic carbocycles. The normalized spacial score (nSPS) is 17.2. The Hall–Kier alpha value is -2.25. The van der Waals surface area contributed by atoms with Gasteiger partial charge in [0.05, 0.1) is 12.5 Å². The van der Waals surface area contributed by atoms with Gasteiger partial charge in [-0.05, 0) is 29.3 Å². The van der Waals surface area contributed by atoms with E-state index in [0.29, 0.717) is 26.2 Å². The molecule has 1 aromatic heterocycles. The highest BCUT2D eigenvalue weighted by Gasteiger charge is 2.30. The van der Waals surface area contributed by atoms with Crippen molar-refractivity contribution in [1.29, 1.82) is 0 Å². The fourth-order valence-corrected chi connectivity index (χ4v) is 3.37. The van der Waals surface area contributed by atoms with E-state index >= 15 is 0 Å². The number of amides is 2. The number of hydrogen-bond acceptors (Lipinski definition) is 4. The number of piperazine rings is 1. The van der Waals surface area contributed by atoms with E-state index in [-0.39, 0.29) is 18.2 Å². The Bertz CT molecular complexity index is 769. The summed E-state index contributed by atoms with van der Waals surface area (Å²) in [6.45, 7) is 2.28. The van der Waals surface area contributed by atoms with E-state index in [0.717, 1.165) is 15.6 Å². The molecule has 7 heteroatoms. The van der Waals surface area contributed by atoms with E-state index in [2.05, 4.69) is 31.5 Å². The summed E-state index contributed by atoms with van der Waals surface area (Å²) in [6.07, 6.45) is 3.54. The lowest BCUT2D eigenvalue weighted by Gasteiger charge is -2.33. The van der Waals surface area contributed by atoms with E-state index in [1.54, 1.807) is 17.3 Å². The van der Waals surface area contributed by atoms with E-state index in [9.17, 15) is 9.59 Å². The van der Waals surface area contributed by atoms with Crippen LogP contribution in [0.3, 0.4) is 0 Å². The third-order valence-corrected chi connectivity index (χ3v) is 4.74. The predicted molar refractivity (Wildman–Crippen MR) is 102 cm³/mol. The average Bonchev–Trinajstić information content (AvgIpc) is 2.64. The molecule has 2 N–H and O–H groups in total. The molecule has 3 rings (SSSR count). The number of hydrogen-bond donors (Lipinski definition) is 2. The minimum absolute atomic E-state index is 0.0345. The highest BCUT2D eigenvalue weighted by Crippen LogP contribution is 2.15. The summed E-state index contributed by atoms with van der Waals surface area (Å²) in [5.41, 5.74) is 1.99. The first-order chi connectivity index (χ1) is 12.6. The second-order valence-electron chi connectivity index (χ2n) is 6.24. The molecule has 1 atom stereocenters. The van der Waals surface area contributed by atoms with Crippen LogP contribution in [-0.2, 0) is 22.7 Å². The molecular formula is C19H21BrN4O2. The van der Waals surface area contributed by atoms with E-state index in [1.807, 2.05) is 36.4 Å². The van der Waals surface area contributed by atoms with Gasteiger partial charge in [0.2, 0.25) is 11.8 Å². The highest BCUT2D eigenvalue weighted by molar-refractivity contribution is 9.10. The lowest BCUT2D eigenvalue weighted by molar-refractivity contribution is -0.138. The van der Waals surface area contributed by atoms with Gasteiger partial charge in [-0.3, -0.25) is 14.6 Å². The second-order valence-corrected chi connectivity index (χ2v) is 7.15. The lowest BCUT2D eigenvalue weighted by Crippen LogP contribution is -2.55. The summed E-state index contributed by atoms with van der Waals surface area (Å²) in [5, 5.41) is 5.99. The third kappa shape index (κ3) is 5.12. The summed E-state index contributed by atoms with van der Waals surface area (Å²) in [4.78, 5) is 30.7. The van der Waals surface area contributed by atoms with Gasteiger partial charge >= 0.3 is 0 Å². The summed E-state index contributed by atoms with van der Waals surface area (Å²) in [6, 6.07) is 11.2. The van der Waals surface area contributed by atoms with Gasteiger partial charge in [0, 0.05) is 43.0 Å². The number of nitrogens with one attached hydrogen (secondary N) is 2. The maximum atomic E-state index is 12.7. The minimum atomic E-state index is -0.482. The fourth-order valence-electron chi connectivity index (χ4n) is 2.92. The maximum Gasteiger partial charge on any atom is 0.240 e. The number of rotatable bonds is 6. The van der Waals surface area contributed by atoms with Crippen LogP contribution in [0.4, 0.5) is 0 Å². The molecule has 0 bridgehead atoms. The minimum Gasteiger partial charge on any atom is -0.352 e.